The van der Waals surface area contributed by atoms with Crippen molar-refractivity contribution in [1.29, 1.82) is 0 Å². The molecule has 6 heteroatoms. The Kier molecular flexibility index (Phi) is 5.58. The Hall–Kier alpha value is -1.14. The maximum absolute atomic E-state index is 12.4. The van der Waals surface area contributed by atoms with Gasteiger partial charge in [-0.05, 0) is 30.5 Å². The fraction of sp³-hybridized carbons (Fsp3) is 0.533. The van der Waals surface area contributed by atoms with Crippen molar-refractivity contribution in [2.24, 2.45) is 11.1 Å². The molecule has 0 aromatic heterocycles. The molecule has 1 amide bonds. The predicted molar refractivity (Wildman–Crippen MR) is 81.0 cm³/mol. The van der Waals surface area contributed by atoms with Crippen LogP contribution in [0.4, 0.5) is 0 Å². The topological polar surface area (TPSA) is 84.6 Å². The van der Waals surface area contributed by atoms with Gasteiger partial charge in [0.2, 0.25) is 5.91 Å². The lowest BCUT2D eigenvalue weighted by molar-refractivity contribution is -0.136. The standard InChI is InChI=1S/C15H21ClN2O3/c16-12-3-1-2-11(8-12)13(19)9-18-14(20)15(10-17)4-6-21-7-5-15/h1-3,8,13,19H,4-7,9-10,17H2,(H,18,20). The SMILES string of the molecule is NCC1(C(=O)NCC(O)c2cccc(Cl)c2)CCOCC1. The minimum Gasteiger partial charge on any atom is -0.387 e. The highest BCUT2D eigenvalue weighted by molar-refractivity contribution is 6.30. The van der Waals surface area contributed by atoms with Gasteiger partial charge in [-0.15, -0.1) is 0 Å². The van der Waals surface area contributed by atoms with Crippen LogP contribution >= 0.6 is 11.6 Å². The van der Waals surface area contributed by atoms with Crippen LogP contribution in [0.25, 0.3) is 0 Å². The van der Waals surface area contributed by atoms with Crippen LogP contribution < -0.4 is 11.1 Å². The van der Waals surface area contributed by atoms with E-state index >= 15 is 0 Å². The molecular formula is C15H21ClN2O3. The summed E-state index contributed by atoms with van der Waals surface area (Å²) >= 11 is 5.89. The average Bonchev–Trinajstić information content (AvgIpc) is 2.52. The number of rotatable bonds is 5. The zero-order valence-corrected chi connectivity index (χ0v) is 12.6. The third-order valence-corrected chi connectivity index (χ3v) is 4.25. The van der Waals surface area contributed by atoms with Gasteiger partial charge < -0.3 is 20.9 Å². The van der Waals surface area contributed by atoms with Gasteiger partial charge in [0.05, 0.1) is 11.5 Å². The van der Waals surface area contributed by atoms with Gasteiger partial charge in [0.15, 0.2) is 0 Å². The number of amides is 1. The van der Waals surface area contributed by atoms with E-state index in [0.29, 0.717) is 36.6 Å². The second kappa shape index (κ2) is 7.22. The number of halogens is 1. The van der Waals surface area contributed by atoms with E-state index in [4.69, 9.17) is 22.1 Å². The Balaban J connectivity index is 1.93. The van der Waals surface area contributed by atoms with Gasteiger partial charge >= 0.3 is 0 Å². The smallest absolute Gasteiger partial charge is 0.227 e. The van der Waals surface area contributed by atoms with Crippen molar-refractivity contribution >= 4 is 17.5 Å². The molecule has 0 saturated carbocycles. The maximum Gasteiger partial charge on any atom is 0.227 e. The number of hydrogen-bond acceptors (Lipinski definition) is 4. The largest absolute Gasteiger partial charge is 0.387 e. The van der Waals surface area contributed by atoms with Crippen LogP contribution in [0.3, 0.4) is 0 Å². The molecule has 1 aromatic carbocycles. The molecule has 1 unspecified atom stereocenters. The molecule has 1 aliphatic heterocycles. The van der Waals surface area contributed by atoms with Crippen LogP contribution in [0.1, 0.15) is 24.5 Å². The number of hydrogen-bond donors (Lipinski definition) is 3. The Labute approximate surface area is 129 Å². The van der Waals surface area contributed by atoms with E-state index < -0.39 is 11.5 Å². The molecule has 1 aromatic rings. The van der Waals surface area contributed by atoms with Crippen molar-refractivity contribution < 1.29 is 14.6 Å². The van der Waals surface area contributed by atoms with Crippen LogP contribution in [-0.4, -0.2) is 37.3 Å². The van der Waals surface area contributed by atoms with E-state index in [-0.39, 0.29) is 19.0 Å². The quantitative estimate of drug-likeness (QED) is 0.764. The predicted octanol–water partition coefficient (Wildman–Crippen LogP) is 1.25. The molecule has 0 aliphatic carbocycles. The average molecular weight is 313 g/mol. The molecule has 2 rings (SSSR count). The third kappa shape index (κ3) is 3.95. The molecule has 1 fully saturated rings. The minimum atomic E-state index is -0.790. The summed E-state index contributed by atoms with van der Waals surface area (Å²) in [6.07, 6.45) is 0.438. The lowest BCUT2D eigenvalue weighted by Crippen LogP contribution is -2.49. The minimum absolute atomic E-state index is 0.116. The molecule has 1 atom stereocenters. The van der Waals surface area contributed by atoms with Crippen LogP contribution in [0.15, 0.2) is 24.3 Å². The summed E-state index contributed by atoms with van der Waals surface area (Å²) in [6, 6.07) is 6.96. The van der Waals surface area contributed by atoms with E-state index in [1.807, 2.05) is 0 Å². The zero-order valence-electron chi connectivity index (χ0n) is 11.8. The van der Waals surface area contributed by atoms with Gasteiger partial charge in [0.1, 0.15) is 0 Å². The molecule has 1 saturated heterocycles. The normalized spacial score (nSPS) is 19.0. The molecule has 0 radical (unpaired) electrons. The van der Waals surface area contributed by atoms with Crippen LogP contribution in [0.5, 0.6) is 0 Å². The van der Waals surface area contributed by atoms with Crippen molar-refractivity contribution in [2.75, 3.05) is 26.3 Å². The molecule has 0 bridgehead atoms. The van der Waals surface area contributed by atoms with Gasteiger partial charge in [-0.1, -0.05) is 23.7 Å². The fourth-order valence-electron chi connectivity index (χ4n) is 2.49. The number of carbonyl (C=O) groups is 1. The van der Waals surface area contributed by atoms with Gasteiger partial charge in [0, 0.05) is 31.3 Å². The van der Waals surface area contributed by atoms with E-state index in [1.54, 1.807) is 24.3 Å². The summed E-state index contributed by atoms with van der Waals surface area (Å²) in [5.41, 5.74) is 5.88. The number of ether oxygens (including phenoxy) is 1. The highest BCUT2D eigenvalue weighted by Gasteiger charge is 2.38. The molecule has 21 heavy (non-hydrogen) atoms. The van der Waals surface area contributed by atoms with Crippen LogP contribution in [0.2, 0.25) is 5.02 Å². The van der Waals surface area contributed by atoms with E-state index in [9.17, 15) is 9.90 Å². The van der Waals surface area contributed by atoms with E-state index in [2.05, 4.69) is 5.32 Å². The molecule has 5 nitrogen and oxygen atoms in total. The van der Waals surface area contributed by atoms with E-state index in [1.165, 1.54) is 0 Å². The van der Waals surface area contributed by atoms with Gasteiger partial charge in [0.25, 0.3) is 0 Å². The van der Waals surface area contributed by atoms with Gasteiger partial charge in [-0.2, -0.15) is 0 Å². The van der Waals surface area contributed by atoms with Crippen molar-refractivity contribution in [3.8, 4) is 0 Å². The summed E-state index contributed by atoms with van der Waals surface area (Å²) in [5.74, 6) is -0.116. The molecule has 0 spiro atoms. The summed E-state index contributed by atoms with van der Waals surface area (Å²) in [6.45, 7) is 1.51. The van der Waals surface area contributed by atoms with Crippen molar-refractivity contribution in [2.45, 2.75) is 18.9 Å². The Morgan fingerprint density at radius 2 is 2.19 bits per heavy atom. The summed E-state index contributed by atoms with van der Waals surface area (Å²) < 4.78 is 5.29. The van der Waals surface area contributed by atoms with E-state index in [0.717, 1.165) is 0 Å². The van der Waals surface area contributed by atoms with Crippen molar-refractivity contribution in [3.05, 3.63) is 34.9 Å². The number of nitrogens with one attached hydrogen (secondary N) is 1. The number of benzene rings is 1. The second-order valence-electron chi connectivity index (χ2n) is 5.38. The van der Waals surface area contributed by atoms with Gasteiger partial charge in [-0.25, -0.2) is 0 Å². The summed E-state index contributed by atoms with van der Waals surface area (Å²) in [4.78, 5) is 12.4. The second-order valence-corrected chi connectivity index (χ2v) is 5.81. The number of aliphatic hydroxyl groups excluding tert-OH is 1. The first kappa shape index (κ1) is 16.2. The Morgan fingerprint density at radius 1 is 1.48 bits per heavy atom. The third-order valence-electron chi connectivity index (χ3n) is 4.01. The molecule has 4 N–H and O–H groups in total. The Bertz CT molecular complexity index is 490. The first-order chi connectivity index (χ1) is 10.1. The fourth-order valence-corrected chi connectivity index (χ4v) is 2.69. The Morgan fingerprint density at radius 3 is 2.81 bits per heavy atom. The van der Waals surface area contributed by atoms with Crippen LogP contribution in [0, 0.1) is 5.41 Å². The number of carbonyl (C=O) groups excluding carboxylic acids is 1. The lowest BCUT2D eigenvalue weighted by Gasteiger charge is -2.34. The number of aliphatic hydroxyl groups is 1. The highest BCUT2D eigenvalue weighted by atomic mass is 35.5. The van der Waals surface area contributed by atoms with Crippen molar-refractivity contribution in [3.63, 3.8) is 0 Å². The molecule has 116 valence electrons. The van der Waals surface area contributed by atoms with Gasteiger partial charge in [-0.3, -0.25) is 4.79 Å². The molecule has 1 heterocycles. The maximum atomic E-state index is 12.4. The van der Waals surface area contributed by atoms with Crippen LogP contribution in [-0.2, 0) is 9.53 Å². The first-order valence-corrected chi connectivity index (χ1v) is 7.45. The summed E-state index contributed by atoms with van der Waals surface area (Å²) in [5, 5.41) is 13.5. The number of nitrogens with two attached hydrogens (primary N) is 1. The molecular weight excluding hydrogens is 292 g/mol. The van der Waals surface area contributed by atoms with Crippen molar-refractivity contribution in [1.82, 2.24) is 5.32 Å². The zero-order chi connectivity index (χ0) is 15.3. The first-order valence-electron chi connectivity index (χ1n) is 7.07. The molecule has 1 aliphatic rings. The monoisotopic (exact) mass is 312 g/mol. The summed E-state index contributed by atoms with van der Waals surface area (Å²) in [7, 11) is 0. The highest BCUT2D eigenvalue weighted by Crippen LogP contribution is 2.29. The lowest BCUT2D eigenvalue weighted by atomic mass is 9.79.